The molecule has 2 N–H and O–H groups in total. The molecule has 1 atom stereocenters. The Labute approximate surface area is 144 Å². The quantitative estimate of drug-likeness (QED) is 0.709. The molecule has 2 heterocycles. The van der Waals surface area contributed by atoms with Crippen LogP contribution in [-0.2, 0) is 19.6 Å². The van der Waals surface area contributed by atoms with E-state index in [0.29, 0.717) is 17.3 Å². The van der Waals surface area contributed by atoms with Gasteiger partial charge in [0.15, 0.2) is 0 Å². The zero-order chi connectivity index (χ0) is 17.9. The van der Waals surface area contributed by atoms with Gasteiger partial charge >= 0.3 is 5.97 Å². The lowest BCUT2D eigenvalue weighted by atomic mass is 10.2. The third-order valence-electron chi connectivity index (χ3n) is 3.49. The number of aromatic nitrogens is 1. The van der Waals surface area contributed by atoms with Crippen molar-refractivity contribution in [3.63, 3.8) is 0 Å². The number of ether oxygens (including phenoxy) is 1. The number of H-pyrrole nitrogens is 1. The lowest BCUT2D eigenvalue weighted by Gasteiger charge is -2.34. The minimum atomic E-state index is -3.70. The van der Waals surface area contributed by atoms with E-state index < -0.39 is 28.6 Å². The third kappa shape index (κ3) is 4.94. The third-order valence-corrected chi connectivity index (χ3v) is 4.93. The second-order valence-corrected chi connectivity index (χ2v) is 7.84. The molecular formula is C13H18ClN3O6S. The molecule has 1 amide bonds. The Morgan fingerprint density at radius 1 is 1.54 bits per heavy atom. The molecule has 0 aliphatic carbocycles. The average molecular weight is 380 g/mol. The van der Waals surface area contributed by atoms with Crippen molar-refractivity contribution in [1.29, 1.82) is 0 Å². The fourth-order valence-electron chi connectivity index (χ4n) is 2.37. The average Bonchev–Trinajstić information content (AvgIpc) is 2.91. The maximum Gasteiger partial charge on any atom is 0.318 e. The number of carbonyl (C=O) groups excluding carboxylic acids is 1. The highest BCUT2D eigenvalue weighted by atomic mass is 35.5. The Hall–Kier alpha value is -1.62. The number of carbonyl (C=O) groups is 2. The minimum absolute atomic E-state index is 0.138. The van der Waals surface area contributed by atoms with Crippen LogP contribution < -0.4 is 0 Å². The summed E-state index contributed by atoms with van der Waals surface area (Å²) in [5.41, 5.74) is 0.325. The highest BCUT2D eigenvalue weighted by molar-refractivity contribution is 7.88. The second kappa shape index (κ2) is 7.51. The van der Waals surface area contributed by atoms with Gasteiger partial charge in [-0.25, -0.2) is 8.42 Å². The van der Waals surface area contributed by atoms with Crippen LogP contribution in [0.3, 0.4) is 0 Å². The number of carboxylic acids is 1. The highest BCUT2D eigenvalue weighted by Crippen LogP contribution is 2.15. The summed E-state index contributed by atoms with van der Waals surface area (Å²) < 4.78 is 29.7. The summed E-state index contributed by atoms with van der Waals surface area (Å²) in [5, 5.41) is 9.25. The van der Waals surface area contributed by atoms with E-state index in [1.165, 1.54) is 17.2 Å². The van der Waals surface area contributed by atoms with Crippen molar-refractivity contribution in [3.8, 4) is 0 Å². The van der Waals surface area contributed by atoms with Gasteiger partial charge in [-0.15, -0.1) is 0 Å². The Morgan fingerprint density at radius 2 is 2.25 bits per heavy atom. The van der Waals surface area contributed by atoms with Crippen LogP contribution in [0.25, 0.3) is 0 Å². The molecule has 0 aromatic carbocycles. The van der Waals surface area contributed by atoms with Crippen molar-refractivity contribution in [3.05, 3.63) is 23.0 Å². The van der Waals surface area contributed by atoms with E-state index in [-0.39, 0.29) is 25.6 Å². The lowest BCUT2D eigenvalue weighted by Crippen LogP contribution is -2.51. The van der Waals surface area contributed by atoms with E-state index >= 15 is 0 Å². The Morgan fingerprint density at radius 3 is 2.79 bits per heavy atom. The number of sulfonamides is 1. The van der Waals surface area contributed by atoms with Crippen LogP contribution >= 0.6 is 11.6 Å². The predicted octanol–water partition coefficient (Wildman–Crippen LogP) is -0.145. The molecule has 1 fully saturated rings. The first-order chi connectivity index (χ1) is 11.2. The molecule has 1 aromatic rings. The summed E-state index contributed by atoms with van der Waals surface area (Å²) in [6.07, 6.45) is 1.82. The number of aliphatic carboxylic acids is 1. The second-order valence-electron chi connectivity index (χ2n) is 5.42. The van der Waals surface area contributed by atoms with E-state index in [4.69, 9.17) is 21.4 Å². The molecule has 24 heavy (non-hydrogen) atoms. The van der Waals surface area contributed by atoms with Gasteiger partial charge in [0.05, 0.1) is 24.0 Å². The smallest absolute Gasteiger partial charge is 0.318 e. The summed E-state index contributed by atoms with van der Waals surface area (Å²) in [7, 11) is -3.70. The van der Waals surface area contributed by atoms with Crippen LogP contribution in [0.1, 0.15) is 10.5 Å². The molecule has 0 bridgehead atoms. The fourth-order valence-corrected chi connectivity index (χ4v) is 3.32. The van der Waals surface area contributed by atoms with Gasteiger partial charge in [-0.05, 0) is 6.07 Å². The topological polar surface area (TPSA) is 120 Å². The lowest BCUT2D eigenvalue weighted by molar-refractivity contribution is -0.137. The van der Waals surface area contributed by atoms with E-state index in [1.54, 1.807) is 0 Å². The van der Waals surface area contributed by atoms with Crippen molar-refractivity contribution in [1.82, 2.24) is 14.2 Å². The van der Waals surface area contributed by atoms with Crippen LogP contribution in [0.2, 0.25) is 5.02 Å². The van der Waals surface area contributed by atoms with Gasteiger partial charge in [-0.2, -0.15) is 4.31 Å². The fraction of sp³-hybridized carbons (Fsp3) is 0.538. The number of carboxylic acid groups (broad SMARTS) is 1. The molecule has 134 valence electrons. The number of hydrogen-bond donors (Lipinski definition) is 2. The zero-order valence-electron chi connectivity index (χ0n) is 12.9. The number of hydrogen-bond acceptors (Lipinski definition) is 5. The summed E-state index contributed by atoms with van der Waals surface area (Å²) in [6, 6.07) is 1.50. The van der Waals surface area contributed by atoms with Crippen LogP contribution in [0, 0.1) is 0 Å². The molecule has 1 unspecified atom stereocenters. The Bertz CT molecular complexity index is 719. The van der Waals surface area contributed by atoms with Crippen LogP contribution in [0.4, 0.5) is 0 Å². The van der Waals surface area contributed by atoms with E-state index in [9.17, 15) is 18.0 Å². The first kappa shape index (κ1) is 18.7. The number of aromatic amines is 1. The summed E-state index contributed by atoms with van der Waals surface area (Å²) in [6.45, 7) is -0.0559. The number of halogens is 1. The maximum absolute atomic E-state index is 12.4. The van der Waals surface area contributed by atoms with Gasteiger partial charge in [0.25, 0.3) is 5.91 Å². The Balaban J connectivity index is 2.04. The molecule has 0 saturated carbocycles. The van der Waals surface area contributed by atoms with Gasteiger partial charge in [-0.1, -0.05) is 11.6 Å². The van der Waals surface area contributed by atoms with Crippen LogP contribution in [-0.4, -0.2) is 84.7 Å². The van der Waals surface area contributed by atoms with Crippen molar-refractivity contribution < 1.29 is 27.9 Å². The van der Waals surface area contributed by atoms with Crippen molar-refractivity contribution in [2.75, 3.05) is 39.0 Å². The molecule has 1 aliphatic heterocycles. The maximum atomic E-state index is 12.4. The molecule has 1 aliphatic rings. The van der Waals surface area contributed by atoms with Gasteiger partial charge in [0.2, 0.25) is 10.0 Å². The minimum Gasteiger partial charge on any atom is -0.480 e. The SMILES string of the molecule is CS(=O)(=O)N(CC(=O)O)CC1CN(C(=O)c2cc(Cl)c[nH]2)CCO1. The molecule has 9 nitrogen and oxygen atoms in total. The largest absolute Gasteiger partial charge is 0.480 e. The van der Waals surface area contributed by atoms with Gasteiger partial charge in [-0.3, -0.25) is 9.59 Å². The molecule has 1 aromatic heterocycles. The van der Waals surface area contributed by atoms with E-state index in [2.05, 4.69) is 4.98 Å². The van der Waals surface area contributed by atoms with Gasteiger partial charge in [0.1, 0.15) is 12.2 Å². The predicted molar refractivity (Wildman–Crippen MR) is 85.5 cm³/mol. The number of nitrogens with one attached hydrogen (secondary N) is 1. The molecule has 0 spiro atoms. The summed E-state index contributed by atoms with van der Waals surface area (Å²) in [4.78, 5) is 27.5. The van der Waals surface area contributed by atoms with E-state index in [1.807, 2.05) is 0 Å². The normalized spacial score (nSPS) is 18.8. The number of rotatable bonds is 6. The van der Waals surface area contributed by atoms with Gasteiger partial charge in [0, 0.05) is 25.8 Å². The molecule has 11 heteroatoms. The van der Waals surface area contributed by atoms with Crippen molar-refractivity contribution in [2.45, 2.75) is 6.10 Å². The summed E-state index contributed by atoms with van der Waals surface area (Å²) in [5.74, 6) is -1.54. The molecular weight excluding hydrogens is 362 g/mol. The number of nitrogens with zero attached hydrogens (tertiary/aromatic N) is 2. The molecule has 1 saturated heterocycles. The highest BCUT2D eigenvalue weighted by Gasteiger charge is 2.30. The number of amides is 1. The van der Waals surface area contributed by atoms with Crippen molar-refractivity contribution in [2.24, 2.45) is 0 Å². The van der Waals surface area contributed by atoms with Crippen molar-refractivity contribution >= 4 is 33.5 Å². The van der Waals surface area contributed by atoms with Crippen LogP contribution in [0.5, 0.6) is 0 Å². The zero-order valence-corrected chi connectivity index (χ0v) is 14.5. The van der Waals surface area contributed by atoms with Crippen LogP contribution in [0.15, 0.2) is 12.3 Å². The number of morpholine rings is 1. The molecule has 2 rings (SSSR count). The molecule has 0 radical (unpaired) electrons. The van der Waals surface area contributed by atoms with Gasteiger partial charge < -0.3 is 19.7 Å². The monoisotopic (exact) mass is 379 g/mol. The first-order valence-corrected chi connectivity index (χ1v) is 9.31. The Kier molecular flexibility index (Phi) is 5.86. The summed E-state index contributed by atoms with van der Waals surface area (Å²) >= 11 is 5.78. The standard InChI is InChI=1S/C13H18ClN3O6S/c1-24(21,22)17(8-12(18)19)7-10-6-16(2-3-23-10)13(20)11-4-9(14)5-15-11/h4-5,10,15H,2-3,6-8H2,1H3,(H,18,19). The van der Waals surface area contributed by atoms with E-state index in [0.717, 1.165) is 10.6 Å². The first-order valence-electron chi connectivity index (χ1n) is 7.08.